The van der Waals surface area contributed by atoms with Crippen LogP contribution in [0.4, 0.5) is 5.82 Å². The summed E-state index contributed by atoms with van der Waals surface area (Å²) < 4.78 is 2.18. The molecule has 1 aliphatic carbocycles. The van der Waals surface area contributed by atoms with Crippen LogP contribution in [0.5, 0.6) is 0 Å². The van der Waals surface area contributed by atoms with Crippen molar-refractivity contribution in [3.8, 4) is 10.6 Å². The molecule has 4 rings (SSSR count). The van der Waals surface area contributed by atoms with Gasteiger partial charge in [-0.25, -0.2) is 9.97 Å². The molecule has 1 saturated carbocycles. The quantitative estimate of drug-likeness (QED) is 0.750. The molecule has 3 aromatic rings. The lowest BCUT2D eigenvalue weighted by Gasteiger charge is -2.24. The zero-order valence-corrected chi connectivity index (χ0v) is 14.5. The van der Waals surface area contributed by atoms with Crippen LogP contribution < -0.4 is 5.32 Å². The number of thiophene rings is 1. The topological polar surface area (TPSA) is 42.2 Å². The first-order valence-electron chi connectivity index (χ1n) is 8.39. The number of anilines is 1. The molecule has 0 saturated heterocycles. The Labute approximate surface area is 140 Å². The fourth-order valence-electron chi connectivity index (χ4n) is 3.53. The van der Waals surface area contributed by atoms with E-state index in [1.165, 1.54) is 42.7 Å². The maximum atomic E-state index is 4.84. The van der Waals surface area contributed by atoms with E-state index in [1.807, 2.05) is 6.92 Å². The fraction of sp³-hybridized carbons (Fsp3) is 0.444. The van der Waals surface area contributed by atoms with E-state index in [4.69, 9.17) is 4.98 Å². The molecule has 120 valence electrons. The molecule has 1 fully saturated rings. The van der Waals surface area contributed by atoms with Gasteiger partial charge in [0.05, 0.1) is 4.88 Å². The second-order valence-corrected chi connectivity index (χ2v) is 7.39. The second-order valence-electron chi connectivity index (χ2n) is 6.44. The molecule has 0 spiro atoms. The van der Waals surface area contributed by atoms with E-state index in [1.54, 1.807) is 11.3 Å². The first-order chi connectivity index (χ1) is 11.2. The number of hydrogen-bond donors (Lipinski definition) is 1. The smallest absolute Gasteiger partial charge is 0.236 e. The Bertz CT molecular complexity index is 813. The molecule has 0 bridgehead atoms. The van der Waals surface area contributed by atoms with Gasteiger partial charge in [-0.2, -0.15) is 0 Å². The number of hydrogen-bond acceptors (Lipinski definition) is 4. The predicted octanol–water partition coefficient (Wildman–Crippen LogP) is 4.82. The van der Waals surface area contributed by atoms with E-state index in [0.29, 0.717) is 6.04 Å². The molecule has 3 aromatic heterocycles. The molecule has 3 heterocycles. The van der Waals surface area contributed by atoms with E-state index in [0.717, 1.165) is 23.0 Å². The zero-order chi connectivity index (χ0) is 15.8. The Morgan fingerprint density at radius 2 is 2.00 bits per heavy atom. The largest absolute Gasteiger partial charge is 0.367 e. The second kappa shape index (κ2) is 5.96. The predicted molar refractivity (Wildman–Crippen MR) is 96.3 cm³/mol. The van der Waals surface area contributed by atoms with Gasteiger partial charge >= 0.3 is 0 Å². The van der Waals surface area contributed by atoms with Crippen LogP contribution >= 0.6 is 11.3 Å². The van der Waals surface area contributed by atoms with Crippen molar-refractivity contribution in [1.29, 1.82) is 0 Å². The lowest BCUT2D eigenvalue weighted by molar-refractivity contribution is 0.461. The summed E-state index contributed by atoms with van der Waals surface area (Å²) in [6.45, 7) is 4.16. The molecular weight excluding hydrogens is 304 g/mol. The highest BCUT2D eigenvalue weighted by Gasteiger charge is 2.21. The molecule has 1 N–H and O–H groups in total. The number of aryl methyl sites for hydroxylation is 2. The van der Waals surface area contributed by atoms with Crippen molar-refractivity contribution in [2.24, 2.45) is 0 Å². The van der Waals surface area contributed by atoms with Crippen LogP contribution in [-0.4, -0.2) is 20.4 Å². The van der Waals surface area contributed by atoms with Crippen LogP contribution in [0.15, 0.2) is 23.6 Å². The van der Waals surface area contributed by atoms with Crippen molar-refractivity contribution in [1.82, 2.24) is 14.4 Å². The Morgan fingerprint density at radius 3 is 2.74 bits per heavy atom. The van der Waals surface area contributed by atoms with Gasteiger partial charge in [-0.1, -0.05) is 25.3 Å². The fourth-order valence-corrected chi connectivity index (χ4v) is 4.25. The highest BCUT2D eigenvalue weighted by atomic mass is 32.1. The molecule has 0 unspecified atom stereocenters. The average molecular weight is 326 g/mol. The normalized spacial score (nSPS) is 16.1. The number of nitrogens with zero attached hydrogens (tertiary/aromatic N) is 3. The van der Waals surface area contributed by atoms with Gasteiger partial charge in [0.2, 0.25) is 5.78 Å². The van der Waals surface area contributed by atoms with Crippen LogP contribution in [0.3, 0.4) is 0 Å². The van der Waals surface area contributed by atoms with E-state index >= 15 is 0 Å². The Hall–Kier alpha value is -1.88. The van der Waals surface area contributed by atoms with Crippen LogP contribution in [-0.2, 0) is 0 Å². The number of aromatic nitrogens is 3. The van der Waals surface area contributed by atoms with Gasteiger partial charge in [-0.3, -0.25) is 4.40 Å². The first-order valence-corrected chi connectivity index (χ1v) is 9.27. The maximum absolute atomic E-state index is 4.84. The van der Waals surface area contributed by atoms with Gasteiger partial charge in [0.15, 0.2) is 0 Å². The minimum atomic E-state index is 0.545. The molecule has 0 aromatic carbocycles. The van der Waals surface area contributed by atoms with Gasteiger partial charge in [-0.05, 0) is 44.2 Å². The van der Waals surface area contributed by atoms with Crippen molar-refractivity contribution >= 4 is 22.9 Å². The summed E-state index contributed by atoms with van der Waals surface area (Å²) in [7, 11) is 0. The van der Waals surface area contributed by atoms with Gasteiger partial charge in [-0.15, -0.1) is 11.3 Å². The van der Waals surface area contributed by atoms with Crippen molar-refractivity contribution in [3.63, 3.8) is 0 Å². The lowest BCUT2D eigenvalue weighted by Crippen LogP contribution is -2.23. The lowest BCUT2D eigenvalue weighted by atomic mass is 9.95. The van der Waals surface area contributed by atoms with Crippen molar-refractivity contribution in [2.45, 2.75) is 52.0 Å². The van der Waals surface area contributed by atoms with Crippen molar-refractivity contribution < 1.29 is 0 Å². The van der Waals surface area contributed by atoms with Gasteiger partial charge in [0, 0.05) is 17.4 Å². The average Bonchev–Trinajstić information content (AvgIpc) is 3.16. The molecule has 4 nitrogen and oxygen atoms in total. The Balaban J connectivity index is 1.85. The van der Waals surface area contributed by atoms with E-state index in [9.17, 15) is 0 Å². The van der Waals surface area contributed by atoms with Crippen LogP contribution in [0.25, 0.3) is 16.3 Å². The van der Waals surface area contributed by atoms with Crippen LogP contribution in [0.1, 0.15) is 43.5 Å². The van der Waals surface area contributed by atoms with Crippen molar-refractivity contribution in [3.05, 3.63) is 35.0 Å². The highest BCUT2D eigenvalue weighted by Crippen LogP contribution is 2.34. The van der Waals surface area contributed by atoms with E-state index in [-0.39, 0.29) is 0 Å². The monoisotopic (exact) mass is 326 g/mol. The number of imidazole rings is 1. The van der Waals surface area contributed by atoms with Crippen molar-refractivity contribution in [2.75, 3.05) is 5.32 Å². The van der Waals surface area contributed by atoms with Gasteiger partial charge in [0.25, 0.3) is 0 Å². The maximum Gasteiger partial charge on any atom is 0.236 e. The Morgan fingerprint density at radius 1 is 1.17 bits per heavy atom. The number of fused-ring (bicyclic) bond motifs is 1. The zero-order valence-electron chi connectivity index (χ0n) is 13.7. The molecule has 0 radical (unpaired) electrons. The number of nitrogens with one attached hydrogen (secondary N) is 1. The summed E-state index contributed by atoms with van der Waals surface area (Å²) >= 11 is 1.73. The summed E-state index contributed by atoms with van der Waals surface area (Å²) in [6, 6.07) is 6.89. The summed E-state index contributed by atoms with van der Waals surface area (Å²) in [5, 5.41) is 5.89. The number of rotatable bonds is 3. The van der Waals surface area contributed by atoms with Gasteiger partial charge in [0.1, 0.15) is 11.5 Å². The Kier molecular flexibility index (Phi) is 3.81. The van der Waals surface area contributed by atoms with Crippen LogP contribution in [0, 0.1) is 13.8 Å². The highest BCUT2D eigenvalue weighted by molar-refractivity contribution is 7.13. The van der Waals surface area contributed by atoms with E-state index < -0.39 is 0 Å². The summed E-state index contributed by atoms with van der Waals surface area (Å²) in [6.07, 6.45) is 6.49. The molecule has 23 heavy (non-hydrogen) atoms. The molecule has 1 aliphatic rings. The van der Waals surface area contributed by atoms with E-state index in [2.05, 4.69) is 45.2 Å². The summed E-state index contributed by atoms with van der Waals surface area (Å²) in [4.78, 5) is 10.7. The SMILES string of the molecule is Cc1cc(C)n2c(NC3CCCCC3)c(-c3cccs3)nc2n1. The minimum Gasteiger partial charge on any atom is -0.367 e. The summed E-state index contributed by atoms with van der Waals surface area (Å²) in [5.74, 6) is 1.91. The third-order valence-corrected chi connectivity index (χ3v) is 5.48. The van der Waals surface area contributed by atoms with Gasteiger partial charge < -0.3 is 5.32 Å². The molecule has 0 atom stereocenters. The standard InChI is InChI=1S/C18H22N4S/c1-12-11-13(2)22-17(20-14-7-4-3-5-8-14)16(21-18(22)19-12)15-9-6-10-23-15/h6,9-11,14,20H,3-5,7-8H2,1-2H3. The molecule has 0 aliphatic heterocycles. The first kappa shape index (κ1) is 14.7. The minimum absolute atomic E-state index is 0.545. The molecule has 0 amide bonds. The van der Waals surface area contributed by atoms with Crippen LogP contribution in [0.2, 0.25) is 0 Å². The molecule has 5 heteroatoms. The summed E-state index contributed by atoms with van der Waals surface area (Å²) in [5.41, 5.74) is 3.23. The third kappa shape index (κ3) is 2.74. The third-order valence-electron chi connectivity index (χ3n) is 4.61. The molecular formula is C18H22N4S.